The fraction of sp³-hybridized carbons (Fsp3) is 0.615. The molecule has 1 aromatic rings. The van der Waals surface area contributed by atoms with Crippen LogP contribution in [0.5, 0.6) is 0 Å². The van der Waals surface area contributed by atoms with Crippen LogP contribution in [0.3, 0.4) is 0 Å². The van der Waals surface area contributed by atoms with Gasteiger partial charge in [0.1, 0.15) is 5.82 Å². The Bertz CT molecular complexity index is 375. The molecule has 1 aromatic heterocycles. The molecule has 1 N–H and O–H groups in total. The number of rotatable bonds is 6. The first-order valence-corrected chi connectivity index (χ1v) is 6.36. The molecule has 100 valence electrons. The van der Waals surface area contributed by atoms with Crippen molar-refractivity contribution in [2.75, 3.05) is 19.4 Å². The van der Waals surface area contributed by atoms with Gasteiger partial charge < -0.3 is 10.2 Å². The minimum absolute atomic E-state index is 0.131. The average molecular weight is 250 g/mol. The lowest BCUT2D eigenvalue weighted by molar-refractivity contribution is 0.0821. The van der Waals surface area contributed by atoms with Crippen LogP contribution in [0.1, 0.15) is 43.6 Å². The lowest BCUT2D eigenvalue weighted by Crippen LogP contribution is -2.23. The van der Waals surface area contributed by atoms with E-state index in [4.69, 9.17) is 0 Å². The highest BCUT2D eigenvalue weighted by molar-refractivity contribution is 5.91. The van der Waals surface area contributed by atoms with E-state index in [1.54, 1.807) is 26.2 Å². The highest BCUT2D eigenvalue weighted by atomic mass is 16.2. The van der Waals surface area contributed by atoms with Crippen molar-refractivity contribution in [3.8, 4) is 0 Å². The summed E-state index contributed by atoms with van der Waals surface area (Å²) in [5, 5.41) is 11.2. The third-order valence-corrected chi connectivity index (χ3v) is 2.67. The standard InChI is InChI=1S/C13H22N4O/c1-5-6-7-10(2)14-12-9-8-11(15-16-12)13(18)17(3)4/h8-10H,5-7H2,1-4H3,(H,14,16). The molecule has 1 rings (SSSR count). The van der Waals surface area contributed by atoms with Gasteiger partial charge in [0.15, 0.2) is 5.69 Å². The lowest BCUT2D eigenvalue weighted by atomic mass is 10.1. The SMILES string of the molecule is CCCCC(C)Nc1ccc(C(=O)N(C)C)nn1. The van der Waals surface area contributed by atoms with Crippen LogP contribution < -0.4 is 5.32 Å². The molecule has 0 aliphatic carbocycles. The Kier molecular flexibility index (Phi) is 5.55. The molecule has 1 heterocycles. The van der Waals surface area contributed by atoms with E-state index in [-0.39, 0.29) is 5.91 Å². The zero-order valence-electron chi connectivity index (χ0n) is 11.6. The summed E-state index contributed by atoms with van der Waals surface area (Å²) in [5.41, 5.74) is 0.367. The number of nitrogens with zero attached hydrogens (tertiary/aromatic N) is 3. The van der Waals surface area contributed by atoms with E-state index in [0.717, 1.165) is 6.42 Å². The summed E-state index contributed by atoms with van der Waals surface area (Å²) in [4.78, 5) is 13.1. The minimum atomic E-state index is -0.131. The summed E-state index contributed by atoms with van der Waals surface area (Å²) in [7, 11) is 3.39. The van der Waals surface area contributed by atoms with E-state index in [0.29, 0.717) is 17.6 Å². The second-order valence-electron chi connectivity index (χ2n) is 4.69. The Labute approximate surface area is 109 Å². The van der Waals surface area contributed by atoms with Crippen molar-refractivity contribution in [1.29, 1.82) is 0 Å². The predicted octanol–water partition coefficient (Wildman–Crippen LogP) is 2.17. The van der Waals surface area contributed by atoms with E-state index in [1.807, 2.05) is 0 Å². The van der Waals surface area contributed by atoms with E-state index >= 15 is 0 Å². The fourth-order valence-corrected chi connectivity index (χ4v) is 1.59. The number of aromatic nitrogens is 2. The summed E-state index contributed by atoms with van der Waals surface area (Å²) in [6.45, 7) is 4.30. The Hall–Kier alpha value is -1.65. The van der Waals surface area contributed by atoms with Gasteiger partial charge in [-0.05, 0) is 25.5 Å². The van der Waals surface area contributed by atoms with Crippen molar-refractivity contribution in [3.05, 3.63) is 17.8 Å². The molecule has 0 aliphatic rings. The van der Waals surface area contributed by atoms with Crippen molar-refractivity contribution in [2.45, 2.75) is 39.2 Å². The molecule has 0 aromatic carbocycles. The Balaban J connectivity index is 2.57. The summed E-state index contributed by atoms with van der Waals surface area (Å²) in [5.74, 6) is 0.585. The van der Waals surface area contributed by atoms with Crippen LogP contribution in [-0.4, -0.2) is 41.1 Å². The first-order chi connectivity index (χ1) is 8.54. The fourth-order valence-electron chi connectivity index (χ4n) is 1.59. The average Bonchev–Trinajstić information content (AvgIpc) is 2.36. The maximum atomic E-state index is 11.6. The van der Waals surface area contributed by atoms with E-state index in [9.17, 15) is 4.79 Å². The van der Waals surface area contributed by atoms with E-state index in [2.05, 4.69) is 29.4 Å². The van der Waals surface area contributed by atoms with Crippen molar-refractivity contribution in [1.82, 2.24) is 15.1 Å². The number of anilines is 1. The molecule has 0 aliphatic heterocycles. The highest BCUT2D eigenvalue weighted by Gasteiger charge is 2.10. The van der Waals surface area contributed by atoms with Crippen molar-refractivity contribution >= 4 is 11.7 Å². The summed E-state index contributed by atoms with van der Waals surface area (Å²) in [6, 6.07) is 3.87. The Morgan fingerprint density at radius 3 is 2.61 bits per heavy atom. The zero-order chi connectivity index (χ0) is 13.5. The van der Waals surface area contributed by atoms with Crippen LogP contribution in [0.15, 0.2) is 12.1 Å². The Morgan fingerprint density at radius 1 is 1.39 bits per heavy atom. The van der Waals surface area contributed by atoms with Gasteiger partial charge >= 0.3 is 0 Å². The van der Waals surface area contributed by atoms with Crippen LogP contribution >= 0.6 is 0 Å². The van der Waals surface area contributed by atoms with Gasteiger partial charge in [-0.3, -0.25) is 4.79 Å². The maximum Gasteiger partial charge on any atom is 0.273 e. The molecular formula is C13H22N4O. The quantitative estimate of drug-likeness (QED) is 0.840. The molecule has 0 saturated heterocycles. The third kappa shape index (κ3) is 4.31. The minimum Gasteiger partial charge on any atom is -0.366 e. The largest absolute Gasteiger partial charge is 0.366 e. The molecule has 0 bridgehead atoms. The predicted molar refractivity (Wildman–Crippen MR) is 72.7 cm³/mol. The van der Waals surface area contributed by atoms with E-state index in [1.165, 1.54) is 17.7 Å². The van der Waals surface area contributed by atoms with Crippen LogP contribution in [0.25, 0.3) is 0 Å². The molecule has 1 atom stereocenters. The van der Waals surface area contributed by atoms with Crippen LogP contribution in [-0.2, 0) is 0 Å². The third-order valence-electron chi connectivity index (χ3n) is 2.67. The molecule has 1 unspecified atom stereocenters. The number of carbonyl (C=O) groups is 1. The molecule has 1 amide bonds. The van der Waals surface area contributed by atoms with Gasteiger partial charge in [0.25, 0.3) is 5.91 Å². The molecule has 5 heteroatoms. The summed E-state index contributed by atoms with van der Waals surface area (Å²) < 4.78 is 0. The van der Waals surface area contributed by atoms with Gasteiger partial charge in [-0.15, -0.1) is 10.2 Å². The summed E-state index contributed by atoms with van der Waals surface area (Å²) >= 11 is 0. The van der Waals surface area contributed by atoms with Gasteiger partial charge in [0.2, 0.25) is 0 Å². The maximum absolute atomic E-state index is 11.6. The second kappa shape index (κ2) is 6.93. The lowest BCUT2D eigenvalue weighted by Gasteiger charge is -2.14. The second-order valence-corrected chi connectivity index (χ2v) is 4.69. The number of unbranched alkanes of at least 4 members (excludes halogenated alkanes) is 1. The molecule has 0 saturated carbocycles. The molecule has 18 heavy (non-hydrogen) atoms. The van der Waals surface area contributed by atoms with Crippen LogP contribution in [0.2, 0.25) is 0 Å². The Morgan fingerprint density at radius 2 is 2.11 bits per heavy atom. The number of amides is 1. The monoisotopic (exact) mass is 250 g/mol. The van der Waals surface area contributed by atoms with Gasteiger partial charge in [0, 0.05) is 20.1 Å². The van der Waals surface area contributed by atoms with Crippen LogP contribution in [0, 0.1) is 0 Å². The number of carbonyl (C=O) groups excluding carboxylic acids is 1. The molecule has 0 fully saturated rings. The first-order valence-electron chi connectivity index (χ1n) is 6.36. The number of hydrogen-bond acceptors (Lipinski definition) is 4. The smallest absolute Gasteiger partial charge is 0.273 e. The van der Waals surface area contributed by atoms with Crippen molar-refractivity contribution in [2.24, 2.45) is 0 Å². The topological polar surface area (TPSA) is 58.1 Å². The van der Waals surface area contributed by atoms with Crippen molar-refractivity contribution < 1.29 is 4.79 Å². The molecular weight excluding hydrogens is 228 g/mol. The number of hydrogen-bond donors (Lipinski definition) is 1. The highest BCUT2D eigenvalue weighted by Crippen LogP contribution is 2.08. The van der Waals surface area contributed by atoms with E-state index < -0.39 is 0 Å². The molecule has 0 spiro atoms. The molecule has 0 radical (unpaired) electrons. The van der Waals surface area contributed by atoms with Gasteiger partial charge in [0.05, 0.1) is 0 Å². The molecule has 5 nitrogen and oxygen atoms in total. The zero-order valence-corrected chi connectivity index (χ0v) is 11.6. The van der Waals surface area contributed by atoms with Crippen LogP contribution in [0.4, 0.5) is 5.82 Å². The normalized spacial score (nSPS) is 12.0. The van der Waals surface area contributed by atoms with Crippen molar-refractivity contribution in [3.63, 3.8) is 0 Å². The van der Waals surface area contributed by atoms with Gasteiger partial charge in [-0.25, -0.2) is 0 Å². The summed E-state index contributed by atoms with van der Waals surface area (Å²) in [6.07, 6.45) is 3.49. The number of nitrogens with one attached hydrogen (secondary N) is 1. The van der Waals surface area contributed by atoms with Gasteiger partial charge in [-0.1, -0.05) is 19.8 Å². The van der Waals surface area contributed by atoms with Gasteiger partial charge in [-0.2, -0.15) is 0 Å². The first kappa shape index (κ1) is 14.4.